The number of sulfonamides is 1. The quantitative estimate of drug-likeness (QED) is 0.715. The lowest BCUT2D eigenvalue weighted by Gasteiger charge is -2.16. The van der Waals surface area contributed by atoms with E-state index in [-0.39, 0.29) is 10.7 Å². The van der Waals surface area contributed by atoms with Crippen LogP contribution in [-0.4, -0.2) is 25.2 Å². The summed E-state index contributed by atoms with van der Waals surface area (Å²) in [5, 5.41) is 0. The average Bonchev–Trinajstić information content (AvgIpc) is 2.37. The summed E-state index contributed by atoms with van der Waals surface area (Å²) in [7, 11) is -3.36. The van der Waals surface area contributed by atoms with E-state index < -0.39 is 16.1 Å². The SMILES string of the molecule is CCCC(NS(=O)(=O)CCc1ccccc1)C(N)=S. The van der Waals surface area contributed by atoms with Gasteiger partial charge in [-0.1, -0.05) is 55.9 Å². The van der Waals surface area contributed by atoms with Crippen LogP contribution >= 0.6 is 12.2 Å². The van der Waals surface area contributed by atoms with Crippen LogP contribution in [0.15, 0.2) is 30.3 Å². The van der Waals surface area contributed by atoms with Crippen molar-refractivity contribution >= 4 is 27.2 Å². The highest BCUT2D eigenvalue weighted by molar-refractivity contribution is 7.89. The van der Waals surface area contributed by atoms with E-state index in [0.717, 1.165) is 12.0 Å². The van der Waals surface area contributed by atoms with Crippen LogP contribution in [0.25, 0.3) is 0 Å². The summed E-state index contributed by atoms with van der Waals surface area (Å²) >= 11 is 4.88. The predicted molar refractivity (Wildman–Crippen MR) is 82.5 cm³/mol. The summed E-state index contributed by atoms with van der Waals surface area (Å²) in [6.07, 6.45) is 1.93. The molecule has 3 N–H and O–H groups in total. The second-order valence-electron chi connectivity index (χ2n) is 4.42. The van der Waals surface area contributed by atoms with Crippen molar-refractivity contribution < 1.29 is 8.42 Å². The van der Waals surface area contributed by atoms with E-state index in [2.05, 4.69) is 4.72 Å². The monoisotopic (exact) mass is 300 g/mol. The van der Waals surface area contributed by atoms with Crippen LogP contribution in [0.1, 0.15) is 25.3 Å². The Morgan fingerprint density at radius 2 is 2.00 bits per heavy atom. The van der Waals surface area contributed by atoms with Gasteiger partial charge >= 0.3 is 0 Å². The third kappa shape index (κ3) is 6.13. The van der Waals surface area contributed by atoms with E-state index in [9.17, 15) is 8.42 Å². The number of hydrogen-bond acceptors (Lipinski definition) is 3. The fourth-order valence-corrected chi connectivity index (χ4v) is 3.27. The molecule has 0 aliphatic heterocycles. The summed E-state index contributed by atoms with van der Waals surface area (Å²) in [6, 6.07) is 9.06. The molecule has 1 rings (SSSR count). The molecule has 106 valence electrons. The minimum absolute atomic E-state index is 0.0415. The molecular formula is C13H20N2O2S2. The number of nitrogens with one attached hydrogen (secondary N) is 1. The van der Waals surface area contributed by atoms with Gasteiger partial charge in [-0.15, -0.1) is 0 Å². The summed E-state index contributed by atoms with van der Waals surface area (Å²) in [5.74, 6) is 0.0415. The van der Waals surface area contributed by atoms with Crippen molar-refractivity contribution in [1.29, 1.82) is 0 Å². The zero-order valence-corrected chi connectivity index (χ0v) is 12.6. The molecule has 0 saturated carbocycles. The lowest BCUT2D eigenvalue weighted by Crippen LogP contribution is -2.44. The molecule has 0 aromatic heterocycles. The first-order valence-electron chi connectivity index (χ1n) is 6.28. The van der Waals surface area contributed by atoms with Gasteiger partial charge in [0.05, 0.1) is 16.8 Å². The molecule has 0 spiro atoms. The topological polar surface area (TPSA) is 72.2 Å². The molecule has 1 atom stereocenters. The molecule has 0 amide bonds. The van der Waals surface area contributed by atoms with E-state index in [1.807, 2.05) is 37.3 Å². The van der Waals surface area contributed by atoms with E-state index in [4.69, 9.17) is 18.0 Å². The number of thiocarbonyl (C=S) groups is 1. The van der Waals surface area contributed by atoms with Gasteiger partial charge in [0.15, 0.2) is 0 Å². The minimum atomic E-state index is -3.36. The molecule has 4 nitrogen and oxygen atoms in total. The Morgan fingerprint density at radius 3 is 2.53 bits per heavy atom. The molecule has 1 aromatic rings. The maximum Gasteiger partial charge on any atom is 0.212 e. The molecule has 0 radical (unpaired) electrons. The number of aryl methyl sites for hydroxylation is 1. The van der Waals surface area contributed by atoms with Gasteiger partial charge in [-0.05, 0) is 18.4 Å². The largest absolute Gasteiger partial charge is 0.392 e. The predicted octanol–water partition coefficient (Wildman–Crippen LogP) is 1.60. The molecule has 1 unspecified atom stereocenters. The first-order valence-corrected chi connectivity index (χ1v) is 8.34. The van der Waals surface area contributed by atoms with E-state index >= 15 is 0 Å². The summed E-state index contributed by atoms with van der Waals surface area (Å²) in [4.78, 5) is 0.199. The van der Waals surface area contributed by atoms with Crippen molar-refractivity contribution in [3.8, 4) is 0 Å². The Kier molecular flexibility index (Phi) is 6.41. The summed E-state index contributed by atoms with van der Waals surface area (Å²) in [6.45, 7) is 1.96. The average molecular weight is 300 g/mol. The Labute approximate surface area is 120 Å². The summed E-state index contributed by atoms with van der Waals surface area (Å²) in [5.41, 5.74) is 6.54. The molecule has 0 heterocycles. The van der Waals surface area contributed by atoms with Gasteiger partial charge in [0.25, 0.3) is 0 Å². The summed E-state index contributed by atoms with van der Waals surface area (Å²) < 4.78 is 26.5. The van der Waals surface area contributed by atoms with Gasteiger partial charge < -0.3 is 5.73 Å². The number of hydrogen-bond donors (Lipinski definition) is 2. The lowest BCUT2D eigenvalue weighted by atomic mass is 10.2. The van der Waals surface area contributed by atoms with E-state index in [0.29, 0.717) is 12.8 Å². The number of benzene rings is 1. The highest BCUT2D eigenvalue weighted by Gasteiger charge is 2.19. The Morgan fingerprint density at radius 1 is 1.37 bits per heavy atom. The molecule has 0 fully saturated rings. The highest BCUT2D eigenvalue weighted by Crippen LogP contribution is 2.04. The van der Waals surface area contributed by atoms with Gasteiger partial charge in [-0.2, -0.15) is 0 Å². The van der Waals surface area contributed by atoms with Gasteiger partial charge in [0, 0.05) is 0 Å². The zero-order chi connectivity index (χ0) is 14.3. The fraction of sp³-hybridized carbons (Fsp3) is 0.462. The second kappa shape index (κ2) is 7.57. The van der Waals surface area contributed by atoms with Crippen molar-refractivity contribution in [2.45, 2.75) is 32.2 Å². The fourth-order valence-electron chi connectivity index (χ4n) is 1.72. The third-order valence-electron chi connectivity index (χ3n) is 2.74. The van der Waals surface area contributed by atoms with Crippen LogP contribution in [0.5, 0.6) is 0 Å². The van der Waals surface area contributed by atoms with Crippen molar-refractivity contribution in [1.82, 2.24) is 4.72 Å². The molecule has 6 heteroatoms. The van der Waals surface area contributed by atoms with Crippen molar-refractivity contribution in [2.75, 3.05) is 5.75 Å². The van der Waals surface area contributed by atoms with Gasteiger partial charge in [-0.3, -0.25) is 0 Å². The molecule has 0 saturated heterocycles. The maximum atomic E-state index is 12.0. The van der Waals surface area contributed by atoms with Crippen LogP contribution in [0.2, 0.25) is 0 Å². The molecule has 0 aliphatic rings. The highest BCUT2D eigenvalue weighted by atomic mass is 32.2. The third-order valence-corrected chi connectivity index (χ3v) is 4.41. The Hall–Kier alpha value is -0.980. The standard InChI is InChI=1S/C13H20N2O2S2/c1-2-6-12(13(14)18)15-19(16,17)10-9-11-7-4-3-5-8-11/h3-5,7-8,12,15H,2,6,9-10H2,1H3,(H2,14,18). The second-order valence-corrected chi connectivity index (χ2v) is 6.76. The van der Waals surface area contributed by atoms with Gasteiger partial charge in [0.1, 0.15) is 0 Å². The molecule has 0 bridgehead atoms. The van der Waals surface area contributed by atoms with Crippen LogP contribution < -0.4 is 10.5 Å². The minimum Gasteiger partial charge on any atom is -0.392 e. The molecular weight excluding hydrogens is 280 g/mol. The van der Waals surface area contributed by atoms with E-state index in [1.165, 1.54) is 0 Å². The molecule has 1 aromatic carbocycles. The maximum absolute atomic E-state index is 12.0. The zero-order valence-electron chi connectivity index (χ0n) is 11.0. The first kappa shape index (κ1) is 16.1. The lowest BCUT2D eigenvalue weighted by molar-refractivity contribution is 0.566. The van der Waals surface area contributed by atoms with Crippen LogP contribution in [0.4, 0.5) is 0 Å². The van der Waals surface area contributed by atoms with E-state index in [1.54, 1.807) is 0 Å². The van der Waals surface area contributed by atoms with Gasteiger partial charge in [0.2, 0.25) is 10.0 Å². The Balaban J connectivity index is 2.58. The molecule has 0 aliphatic carbocycles. The normalized spacial score (nSPS) is 13.1. The Bertz CT molecular complexity index is 501. The van der Waals surface area contributed by atoms with Gasteiger partial charge in [-0.25, -0.2) is 13.1 Å². The smallest absolute Gasteiger partial charge is 0.212 e. The van der Waals surface area contributed by atoms with Crippen LogP contribution in [0, 0.1) is 0 Å². The number of nitrogens with two attached hydrogens (primary N) is 1. The number of rotatable bonds is 8. The van der Waals surface area contributed by atoms with Crippen molar-refractivity contribution in [3.63, 3.8) is 0 Å². The molecule has 19 heavy (non-hydrogen) atoms. The first-order chi connectivity index (χ1) is 8.94. The van der Waals surface area contributed by atoms with Crippen LogP contribution in [0.3, 0.4) is 0 Å². The van der Waals surface area contributed by atoms with Crippen molar-refractivity contribution in [2.24, 2.45) is 5.73 Å². The van der Waals surface area contributed by atoms with Crippen molar-refractivity contribution in [3.05, 3.63) is 35.9 Å². The van der Waals surface area contributed by atoms with Crippen LogP contribution in [-0.2, 0) is 16.4 Å².